The van der Waals surface area contributed by atoms with Gasteiger partial charge >= 0.3 is 0 Å². The molecule has 4 nitrogen and oxygen atoms in total. The van der Waals surface area contributed by atoms with Gasteiger partial charge in [-0.25, -0.2) is 8.42 Å². The van der Waals surface area contributed by atoms with Gasteiger partial charge in [0.1, 0.15) is 11.9 Å². The molecule has 1 aromatic carbocycles. The van der Waals surface area contributed by atoms with Crippen LogP contribution >= 0.6 is 10.7 Å². The molecule has 1 aliphatic rings. The molecule has 6 heteroatoms. The van der Waals surface area contributed by atoms with E-state index in [1.165, 1.54) is 0 Å². The highest BCUT2D eigenvalue weighted by Crippen LogP contribution is 2.17. The highest BCUT2D eigenvalue weighted by molar-refractivity contribution is 8.13. The van der Waals surface area contributed by atoms with Crippen molar-refractivity contribution in [2.45, 2.75) is 12.5 Å². The molecule has 0 saturated carbocycles. The Morgan fingerprint density at radius 3 is 2.41 bits per heavy atom. The SMILES string of the molecule is O=S(=O)(Cl)CCc1ccc(OC2COC2)cc1. The van der Waals surface area contributed by atoms with Crippen molar-refractivity contribution in [2.24, 2.45) is 0 Å². The number of hydrogen-bond acceptors (Lipinski definition) is 4. The Bertz CT molecular complexity index is 465. The number of rotatable bonds is 5. The van der Waals surface area contributed by atoms with Gasteiger partial charge in [0, 0.05) is 10.7 Å². The van der Waals surface area contributed by atoms with E-state index in [1.807, 2.05) is 24.3 Å². The topological polar surface area (TPSA) is 52.6 Å². The third-order valence-corrected chi connectivity index (χ3v) is 3.62. The van der Waals surface area contributed by atoms with Crippen LogP contribution in [0.25, 0.3) is 0 Å². The second-order valence-corrected chi connectivity index (χ2v) is 6.81. The number of ether oxygens (including phenoxy) is 2. The molecule has 17 heavy (non-hydrogen) atoms. The van der Waals surface area contributed by atoms with Crippen LogP contribution in [0.1, 0.15) is 5.56 Å². The summed E-state index contributed by atoms with van der Waals surface area (Å²) < 4.78 is 32.2. The Morgan fingerprint density at radius 1 is 1.29 bits per heavy atom. The van der Waals surface area contributed by atoms with Crippen LogP contribution in [0.3, 0.4) is 0 Å². The number of aryl methyl sites for hydroxylation is 1. The zero-order valence-corrected chi connectivity index (χ0v) is 10.7. The Hall–Kier alpha value is -0.780. The van der Waals surface area contributed by atoms with Crippen molar-refractivity contribution in [3.8, 4) is 5.75 Å². The summed E-state index contributed by atoms with van der Waals surface area (Å²) in [6.07, 6.45) is 0.558. The second kappa shape index (κ2) is 5.25. The van der Waals surface area contributed by atoms with Crippen molar-refractivity contribution in [3.63, 3.8) is 0 Å². The average Bonchev–Trinajstić information content (AvgIpc) is 2.21. The lowest BCUT2D eigenvalue weighted by molar-refractivity contribution is -0.0796. The summed E-state index contributed by atoms with van der Waals surface area (Å²) >= 11 is 0. The fraction of sp³-hybridized carbons (Fsp3) is 0.455. The van der Waals surface area contributed by atoms with Crippen LogP contribution in [0.15, 0.2) is 24.3 Å². The van der Waals surface area contributed by atoms with E-state index < -0.39 is 9.05 Å². The summed E-state index contributed by atoms with van der Waals surface area (Å²) in [6, 6.07) is 7.34. The lowest BCUT2D eigenvalue weighted by atomic mass is 10.2. The van der Waals surface area contributed by atoms with E-state index in [2.05, 4.69) is 0 Å². The molecule has 0 atom stereocenters. The maximum Gasteiger partial charge on any atom is 0.232 e. The molecule has 0 N–H and O–H groups in total. The van der Waals surface area contributed by atoms with Crippen molar-refractivity contribution < 1.29 is 17.9 Å². The van der Waals surface area contributed by atoms with Gasteiger partial charge in [-0.2, -0.15) is 0 Å². The molecule has 1 aliphatic heterocycles. The van der Waals surface area contributed by atoms with E-state index in [-0.39, 0.29) is 11.9 Å². The lowest BCUT2D eigenvalue weighted by Crippen LogP contribution is -2.38. The average molecular weight is 277 g/mol. The normalized spacial score (nSPS) is 16.5. The van der Waals surface area contributed by atoms with Gasteiger partial charge in [-0.3, -0.25) is 0 Å². The summed E-state index contributed by atoms with van der Waals surface area (Å²) in [5, 5.41) is 0. The van der Waals surface area contributed by atoms with E-state index in [9.17, 15) is 8.42 Å². The van der Waals surface area contributed by atoms with Crippen LogP contribution in [0.2, 0.25) is 0 Å². The fourth-order valence-corrected chi connectivity index (χ4v) is 2.16. The number of benzene rings is 1. The lowest BCUT2D eigenvalue weighted by Gasteiger charge is -2.26. The first-order valence-corrected chi connectivity index (χ1v) is 7.76. The van der Waals surface area contributed by atoms with Crippen LogP contribution in [0.4, 0.5) is 0 Å². The largest absolute Gasteiger partial charge is 0.486 e. The monoisotopic (exact) mass is 276 g/mol. The van der Waals surface area contributed by atoms with E-state index in [0.717, 1.165) is 11.3 Å². The van der Waals surface area contributed by atoms with Crippen molar-refractivity contribution >= 4 is 19.7 Å². The molecule has 94 valence electrons. The quantitative estimate of drug-likeness (QED) is 0.766. The third-order valence-electron chi connectivity index (χ3n) is 2.47. The Morgan fingerprint density at radius 2 is 1.94 bits per heavy atom. The molecular formula is C11H13ClO4S. The molecule has 0 unspecified atom stereocenters. The second-order valence-electron chi connectivity index (χ2n) is 3.91. The van der Waals surface area contributed by atoms with Crippen molar-refractivity contribution in [3.05, 3.63) is 29.8 Å². The molecule has 1 fully saturated rings. The van der Waals surface area contributed by atoms with Crippen LogP contribution in [0.5, 0.6) is 5.75 Å². The minimum absolute atomic E-state index is 0.0504. The molecule has 0 amide bonds. The van der Waals surface area contributed by atoms with Gasteiger partial charge in [-0.15, -0.1) is 0 Å². The highest BCUT2D eigenvalue weighted by atomic mass is 35.7. The van der Waals surface area contributed by atoms with Gasteiger partial charge in [0.05, 0.1) is 19.0 Å². The maximum atomic E-state index is 10.8. The fourth-order valence-electron chi connectivity index (χ4n) is 1.45. The zero-order valence-electron chi connectivity index (χ0n) is 9.13. The molecule has 2 rings (SSSR count). The summed E-state index contributed by atoms with van der Waals surface area (Å²) in [5.74, 6) is 0.723. The van der Waals surface area contributed by atoms with Gasteiger partial charge < -0.3 is 9.47 Å². The van der Waals surface area contributed by atoms with Crippen LogP contribution < -0.4 is 4.74 Å². The van der Waals surface area contributed by atoms with Crippen LogP contribution in [0, 0.1) is 0 Å². The van der Waals surface area contributed by atoms with Crippen LogP contribution in [-0.4, -0.2) is 33.5 Å². The first-order chi connectivity index (χ1) is 8.03. The van der Waals surface area contributed by atoms with E-state index in [4.69, 9.17) is 20.2 Å². The predicted octanol–water partition coefficient (Wildman–Crippen LogP) is 1.58. The smallest absolute Gasteiger partial charge is 0.232 e. The first-order valence-electron chi connectivity index (χ1n) is 5.28. The molecule has 0 radical (unpaired) electrons. The number of hydrogen-bond donors (Lipinski definition) is 0. The van der Waals surface area contributed by atoms with E-state index in [1.54, 1.807) is 0 Å². The van der Waals surface area contributed by atoms with Gasteiger partial charge in [0.25, 0.3) is 0 Å². The molecule has 0 aliphatic carbocycles. The van der Waals surface area contributed by atoms with Gasteiger partial charge in [0.2, 0.25) is 9.05 Å². The predicted molar refractivity (Wildman–Crippen MR) is 65.0 cm³/mol. The molecule has 1 saturated heterocycles. The maximum absolute atomic E-state index is 10.8. The van der Waals surface area contributed by atoms with Gasteiger partial charge in [-0.1, -0.05) is 12.1 Å². The number of halogens is 1. The van der Waals surface area contributed by atoms with Crippen molar-refractivity contribution in [1.82, 2.24) is 0 Å². The first kappa shape index (κ1) is 12.7. The van der Waals surface area contributed by atoms with Crippen molar-refractivity contribution in [2.75, 3.05) is 19.0 Å². The van der Waals surface area contributed by atoms with Crippen LogP contribution in [-0.2, 0) is 20.2 Å². The summed E-state index contributed by atoms with van der Waals surface area (Å²) in [4.78, 5) is 0. The highest BCUT2D eigenvalue weighted by Gasteiger charge is 2.19. The summed E-state index contributed by atoms with van der Waals surface area (Å²) in [5.41, 5.74) is 0.923. The van der Waals surface area contributed by atoms with Gasteiger partial charge in [-0.05, 0) is 24.1 Å². The summed E-state index contributed by atoms with van der Waals surface area (Å²) in [6.45, 7) is 1.26. The Labute approximate surface area is 105 Å². The standard InChI is InChI=1S/C11H13ClO4S/c12-17(13,14)6-5-9-1-3-10(4-2-9)16-11-7-15-8-11/h1-4,11H,5-8H2. The molecule has 0 bridgehead atoms. The molecule has 1 heterocycles. The minimum Gasteiger partial charge on any atom is -0.486 e. The Balaban J connectivity index is 1.88. The third kappa shape index (κ3) is 4.18. The van der Waals surface area contributed by atoms with E-state index >= 15 is 0 Å². The van der Waals surface area contributed by atoms with E-state index in [0.29, 0.717) is 19.6 Å². The summed E-state index contributed by atoms with van der Waals surface area (Å²) in [7, 11) is 1.72. The molecule has 0 aromatic heterocycles. The molecular weight excluding hydrogens is 264 g/mol. The van der Waals surface area contributed by atoms with Crippen molar-refractivity contribution in [1.29, 1.82) is 0 Å². The minimum atomic E-state index is -3.42. The Kier molecular flexibility index (Phi) is 3.91. The molecule has 1 aromatic rings. The molecule has 0 spiro atoms. The van der Waals surface area contributed by atoms with Gasteiger partial charge in [0.15, 0.2) is 0 Å². The zero-order chi connectivity index (χ0) is 12.3.